The number of carboxylic acid groups (broad SMARTS) is 1. The van der Waals surface area contributed by atoms with Gasteiger partial charge < -0.3 is 5.11 Å². The largest absolute Gasteiger partial charge is 0.478 e. The number of aromatic carboxylic acids is 1. The number of benzene rings is 1. The third-order valence-electron chi connectivity index (χ3n) is 1.62. The summed E-state index contributed by atoms with van der Waals surface area (Å²) < 4.78 is 17.7. The first-order valence-corrected chi connectivity index (χ1v) is 6.08. The molecule has 0 heterocycles. The Bertz CT molecular complexity index is 374. The summed E-state index contributed by atoms with van der Waals surface area (Å²) in [5.74, 6) is -1.90. The molecule has 0 amide bonds. The standard InChI is InChI=1S/C9H8FIO2/c1-5-3-6(9(12)13)7(10)4-8(5)11-2/h3-4H,2H2,1H3,(H,12,13). The van der Waals surface area contributed by atoms with E-state index in [1.54, 1.807) is 6.92 Å². The molecule has 0 aliphatic rings. The van der Waals surface area contributed by atoms with Crippen molar-refractivity contribution in [3.63, 3.8) is 0 Å². The molecule has 0 atom stereocenters. The first-order valence-electron chi connectivity index (χ1n) is 3.48. The molecule has 2 nitrogen and oxygen atoms in total. The highest BCUT2D eigenvalue weighted by Gasteiger charge is 2.11. The van der Waals surface area contributed by atoms with Gasteiger partial charge in [0.1, 0.15) is 5.82 Å². The molecule has 0 unspecified atom stereocenters. The van der Waals surface area contributed by atoms with Gasteiger partial charge in [0, 0.05) is 3.57 Å². The van der Waals surface area contributed by atoms with E-state index in [2.05, 4.69) is 4.51 Å². The van der Waals surface area contributed by atoms with Gasteiger partial charge in [0.15, 0.2) is 0 Å². The third-order valence-corrected chi connectivity index (χ3v) is 3.61. The quantitative estimate of drug-likeness (QED) is 0.850. The van der Waals surface area contributed by atoms with Crippen LogP contribution < -0.4 is 0 Å². The Balaban J connectivity index is 3.36. The van der Waals surface area contributed by atoms with Crippen LogP contribution in [0.4, 0.5) is 4.39 Å². The SMILES string of the molecule is C=Ic1cc(F)c(C(=O)O)cc1C. The van der Waals surface area contributed by atoms with Crippen molar-refractivity contribution >= 4 is 31.2 Å². The molecule has 0 aromatic heterocycles. The van der Waals surface area contributed by atoms with Crippen molar-refractivity contribution in [1.82, 2.24) is 0 Å². The van der Waals surface area contributed by atoms with E-state index < -0.39 is 32.5 Å². The van der Waals surface area contributed by atoms with Crippen LogP contribution in [0.3, 0.4) is 0 Å². The second-order valence-electron chi connectivity index (χ2n) is 2.52. The first-order chi connectivity index (χ1) is 6.06. The van der Waals surface area contributed by atoms with Gasteiger partial charge in [-0.25, -0.2) is 9.18 Å². The molecule has 0 aliphatic carbocycles. The van der Waals surface area contributed by atoms with E-state index in [1.807, 2.05) is 0 Å². The van der Waals surface area contributed by atoms with Gasteiger partial charge in [0.05, 0.1) is 5.56 Å². The van der Waals surface area contributed by atoms with E-state index >= 15 is 0 Å². The summed E-state index contributed by atoms with van der Waals surface area (Å²) in [6, 6.07) is 2.64. The average Bonchev–Trinajstić information content (AvgIpc) is 2.07. The Labute approximate surface area is 85.1 Å². The van der Waals surface area contributed by atoms with Crippen LogP contribution in [0.25, 0.3) is 0 Å². The van der Waals surface area contributed by atoms with Crippen molar-refractivity contribution in [2.75, 3.05) is 0 Å². The molecule has 1 N–H and O–H groups in total. The topological polar surface area (TPSA) is 37.3 Å². The summed E-state index contributed by atoms with van der Waals surface area (Å²) in [4.78, 5) is 10.5. The number of aryl methyl sites for hydroxylation is 1. The second kappa shape index (κ2) is 3.95. The van der Waals surface area contributed by atoms with Crippen LogP contribution in [0.15, 0.2) is 12.1 Å². The predicted octanol–water partition coefficient (Wildman–Crippen LogP) is 2.40. The lowest BCUT2D eigenvalue weighted by Crippen LogP contribution is -2.02. The van der Waals surface area contributed by atoms with Gasteiger partial charge in [-0.1, -0.05) is 25.2 Å². The second-order valence-corrected chi connectivity index (χ2v) is 4.45. The molecule has 1 aromatic carbocycles. The van der Waals surface area contributed by atoms with E-state index in [4.69, 9.17) is 5.11 Å². The highest BCUT2D eigenvalue weighted by Crippen LogP contribution is 2.19. The number of rotatable bonds is 2. The maximum atomic E-state index is 13.1. The minimum atomic E-state index is -1.23. The zero-order valence-electron chi connectivity index (χ0n) is 6.97. The lowest BCUT2D eigenvalue weighted by atomic mass is 10.1. The molecule has 0 radical (unpaired) electrons. The van der Waals surface area contributed by atoms with E-state index in [0.29, 0.717) is 0 Å². The molecule has 1 rings (SSSR count). The van der Waals surface area contributed by atoms with Crippen molar-refractivity contribution in [3.8, 4) is 0 Å². The van der Waals surface area contributed by atoms with Crippen molar-refractivity contribution in [2.24, 2.45) is 0 Å². The molecule has 0 spiro atoms. The number of carbonyl (C=O) groups is 1. The predicted molar refractivity (Wildman–Crippen MR) is 57.9 cm³/mol. The van der Waals surface area contributed by atoms with E-state index in [1.165, 1.54) is 12.1 Å². The minimum absolute atomic E-state index is 0.265. The number of hydrogen-bond acceptors (Lipinski definition) is 1. The van der Waals surface area contributed by atoms with E-state index in [0.717, 1.165) is 9.13 Å². The average molecular weight is 294 g/mol. The highest BCUT2D eigenvalue weighted by molar-refractivity contribution is 14.2. The fourth-order valence-electron chi connectivity index (χ4n) is 0.965. The first kappa shape index (κ1) is 10.3. The maximum Gasteiger partial charge on any atom is 0.338 e. The molecule has 0 saturated heterocycles. The van der Waals surface area contributed by atoms with E-state index in [9.17, 15) is 9.18 Å². The molecule has 0 saturated carbocycles. The van der Waals surface area contributed by atoms with E-state index in [-0.39, 0.29) is 5.56 Å². The summed E-state index contributed by atoms with van der Waals surface area (Å²) >= 11 is -0.445. The molecule has 70 valence electrons. The van der Waals surface area contributed by atoms with Crippen molar-refractivity contribution in [2.45, 2.75) is 6.92 Å². The van der Waals surface area contributed by atoms with Crippen LogP contribution in [-0.4, -0.2) is 15.6 Å². The molecule has 0 aliphatic heterocycles. The highest BCUT2D eigenvalue weighted by atomic mass is 127. The van der Waals surface area contributed by atoms with Gasteiger partial charge in [0.25, 0.3) is 0 Å². The van der Waals surface area contributed by atoms with Crippen LogP contribution in [0.2, 0.25) is 0 Å². The van der Waals surface area contributed by atoms with Crippen LogP contribution in [0.1, 0.15) is 15.9 Å². The minimum Gasteiger partial charge on any atom is -0.478 e. The van der Waals surface area contributed by atoms with Crippen LogP contribution >= 0.6 is 20.7 Å². The Morgan fingerprint density at radius 1 is 1.62 bits per heavy atom. The van der Waals surface area contributed by atoms with Gasteiger partial charge >= 0.3 is 5.97 Å². The monoisotopic (exact) mass is 294 g/mol. The third kappa shape index (κ3) is 2.12. The van der Waals surface area contributed by atoms with Gasteiger partial charge in [0.2, 0.25) is 0 Å². The summed E-state index contributed by atoms with van der Waals surface area (Å²) in [7, 11) is 0. The number of carboxylic acids is 1. The Kier molecular flexibility index (Phi) is 3.13. The lowest BCUT2D eigenvalue weighted by Gasteiger charge is -2.02. The Hall–Kier alpha value is -0.780. The fourth-order valence-corrected chi connectivity index (χ4v) is 2.22. The maximum absolute atomic E-state index is 13.1. The van der Waals surface area contributed by atoms with Crippen LogP contribution in [-0.2, 0) is 0 Å². The molecule has 13 heavy (non-hydrogen) atoms. The van der Waals surface area contributed by atoms with Gasteiger partial charge in [-0.05, 0) is 24.6 Å². The Morgan fingerprint density at radius 2 is 2.23 bits per heavy atom. The van der Waals surface area contributed by atoms with Crippen molar-refractivity contribution in [1.29, 1.82) is 0 Å². The normalized spacial score (nSPS) is 10.0. The van der Waals surface area contributed by atoms with Crippen molar-refractivity contribution in [3.05, 3.63) is 32.6 Å². The molecular weight excluding hydrogens is 286 g/mol. The van der Waals surface area contributed by atoms with Gasteiger partial charge in [-0.2, -0.15) is 0 Å². The summed E-state index contributed by atoms with van der Waals surface area (Å²) in [5, 5.41) is 8.61. The molecule has 0 bridgehead atoms. The summed E-state index contributed by atoms with van der Waals surface area (Å²) in [5.41, 5.74) is 0.542. The number of hydrogen-bond donors (Lipinski definition) is 1. The van der Waals surface area contributed by atoms with Crippen LogP contribution in [0, 0.1) is 16.3 Å². The lowest BCUT2D eigenvalue weighted by molar-refractivity contribution is 0.0691. The molecule has 4 heteroatoms. The Morgan fingerprint density at radius 3 is 2.69 bits per heavy atom. The van der Waals surface area contributed by atoms with Gasteiger partial charge in [-0.3, -0.25) is 0 Å². The summed E-state index contributed by atoms with van der Waals surface area (Å²) in [6.07, 6.45) is 0. The molecular formula is C9H8FIO2. The van der Waals surface area contributed by atoms with Crippen LogP contribution in [0.5, 0.6) is 0 Å². The zero-order valence-corrected chi connectivity index (χ0v) is 9.13. The smallest absolute Gasteiger partial charge is 0.338 e. The zero-order chi connectivity index (χ0) is 10.0. The summed E-state index contributed by atoms with van der Waals surface area (Å²) in [6.45, 7) is 1.77. The fraction of sp³-hybridized carbons (Fsp3) is 0.111. The van der Waals surface area contributed by atoms with Crippen molar-refractivity contribution < 1.29 is 14.3 Å². The number of halogens is 2. The molecule has 0 fully saturated rings. The molecule has 1 aromatic rings. The van der Waals surface area contributed by atoms with Gasteiger partial charge in [-0.15, -0.1) is 0 Å².